The normalized spacial score (nSPS) is 13.6. The monoisotopic (exact) mass is 488 g/mol. The molecule has 0 unspecified atom stereocenters. The minimum atomic E-state index is -0.465. The van der Waals surface area contributed by atoms with E-state index in [-0.39, 0.29) is 29.8 Å². The van der Waals surface area contributed by atoms with E-state index in [4.69, 9.17) is 4.42 Å². The Hall–Kier alpha value is -4.40. The Labute approximate surface area is 206 Å². The van der Waals surface area contributed by atoms with E-state index in [9.17, 15) is 19.1 Å². The molecule has 0 spiro atoms. The van der Waals surface area contributed by atoms with E-state index >= 15 is 0 Å². The van der Waals surface area contributed by atoms with E-state index in [0.717, 1.165) is 31.4 Å². The van der Waals surface area contributed by atoms with Crippen molar-refractivity contribution in [2.75, 3.05) is 5.32 Å². The van der Waals surface area contributed by atoms with Crippen LogP contribution in [0.1, 0.15) is 53.4 Å². The van der Waals surface area contributed by atoms with Crippen molar-refractivity contribution in [3.8, 4) is 17.0 Å². The predicted octanol–water partition coefficient (Wildman–Crippen LogP) is 5.66. The Morgan fingerprint density at radius 1 is 1.08 bits per heavy atom. The zero-order valence-electron chi connectivity index (χ0n) is 19.4. The maximum absolute atomic E-state index is 14.0. The lowest BCUT2D eigenvalue weighted by Gasteiger charge is -2.12. The summed E-state index contributed by atoms with van der Waals surface area (Å²) in [7, 11) is 0. The summed E-state index contributed by atoms with van der Waals surface area (Å²) in [6.07, 6.45) is 5.42. The highest BCUT2D eigenvalue weighted by molar-refractivity contribution is 6.02. The molecule has 5 rings (SSSR count). The van der Waals surface area contributed by atoms with Crippen LogP contribution in [0.2, 0.25) is 0 Å². The summed E-state index contributed by atoms with van der Waals surface area (Å²) < 4.78 is 20.4. The third kappa shape index (κ3) is 4.86. The van der Waals surface area contributed by atoms with Crippen molar-refractivity contribution in [1.29, 1.82) is 0 Å². The lowest BCUT2D eigenvalue weighted by Crippen LogP contribution is -2.31. The molecule has 2 amide bonds. The van der Waals surface area contributed by atoms with Gasteiger partial charge in [0.25, 0.3) is 5.91 Å². The topological polar surface area (TPSA) is 109 Å². The second-order valence-electron chi connectivity index (χ2n) is 8.76. The molecule has 0 aliphatic heterocycles. The number of anilines is 1. The first-order valence-electron chi connectivity index (χ1n) is 11.8. The number of nitrogens with zero attached hydrogens (tertiary/aromatic N) is 2. The van der Waals surface area contributed by atoms with Gasteiger partial charge in [0, 0.05) is 35.3 Å². The number of hydrogen-bond donors (Lipinski definition) is 3. The number of furan rings is 1. The number of hydrogen-bond acceptors (Lipinski definition) is 5. The molecule has 8 nitrogen and oxygen atoms in total. The number of carbonyl (C=O) groups excluding carboxylic acids is 2. The molecule has 0 saturated heterocycles. The van der Waals surface area contributed by atoms with E-state index in [1.807, 2.05) is 6.07 Å². The van der Waals surface area contributed by atoms with Crippen molar-refractivity contribution in [1.82, 2.24) is 15.1 Å². The van der Waals surface area contributed by atoms with Gasteiger partial charge in [-0.05, 0) is 49.2 Å². The molecule has 184 valence electrons. The molecule has 1 fully saturated rings. The van der Waals surface area contributed by atoms with Crippen molar-refractivity contribution in [3.05, 3.63) is 89.8 Å². The number of benzene rings is 2. The third-order valence-electron chi connectivity index (χ3n) is 6.37. The highest BCUT2D eigenvalue weighted by Gasteiger charge is 2.26. The van der Waals surface area contributed by atoms with Gasteiger partial charge in [-0.2, -0.15) is 9.78 Å². The van der Waals surface area contributed by atoms with Crippen LogP contribution in [0.5, 0.6) is 5.75 Å². The molecule has 9 heteroatoms. The minimum absolute atomic E-state index is 0.0279. The summed E-state index contributed by atoms with van der Waals surface area (Å²) in [5.74, 6) is -0.605. The zero-order chi connectivity index (χ0) is 25.1. The lowest BCUT2D eigenvalue weighted by molar-refractivity contribution is 0.0996. The first-order valence-corrected chi connectivity index (χ1v) is 11.8. The maximum atomic E-state index is 14.0. The van der Waals surface area contributed by atoms with Crippen LogP contribution < -0.4 is 10.6 Å². The lowest BCUT2D eigenvalue weighted by atomic mass is 10.0. The molecule has 1 aliphatic carbocycles. The van der Waals surface area contributed by atoms with Gasteiger partial charge in [-0.15, -0.1) is 0 Å². The molecule has 2 aromatic heterocycles. The van der Waals surface area contributed by atoms with Crippen molar-refractivity contribution >= 4 is 17.6 Å². The molecule has 2 aromatic carbocycles. The molecule has 3 N–H and O–H groups in total. The molecule has 1 aliphatic rings. The molecule has 1 saturated carbocycles. The van der Waals surface area contributed by atoms with Crippen molar-refractivity contribution in [2.45, 2.75) is 38.1 Å². The average molecular weight is 489 g/mol. The van der Waals surface area contributed by atoms with Gasteiger partial charge in [0.2, 0.25) is 0 Å². The van der Waals surface area contributed by atoms with E-state index in [0.29, 0.717) is 22.5 Å². The van der Waals surface area contributed by atoms with Crippen molar-refractivity contribution in [2.24, 2.45) is 0 Å². The first kappa shape index (κ1) is 23.3. The van der Waals surface area contributed by atoms with Gasteiger partial charge < -0.3 is 20.2 Å². The summed E-state index contributed by atoms with van der Waals surface area (Å²) in [6, 6.07) is 15.5. The number of phenols is 1. The number of aromatic nitrogens is 2. The van der Waals surface area contributed by atoms with Crippen LogP contribution in [0.15, 0.2) is 71.3 Å². The number of amides is 2. The summed E-state index contributed by atoms with van der Waals surface area (Å²) in [5, 5.41) is 20.6. The Morgan fingerprint density at radius 3 is 2.61 bits per heavy atom. The van der Waals surface area contributed by atoms with Crippen molar-refractivity contribution < 1.29 is 23.5 Å². The van der Waals surface area contributed by atoms with Gasteiger partial charge >= 0.3 is 6.03 Å². The quantitative estimate of drug-likeness (QED) is 0.325. The summed E-state index contributed by atoms with van der Waals surface area (Å²) in [6.45, 7) is 0.0279. The number of rotatable bonds is 6. The van der Waals surface area contributed by atoms with E-state index in [2.05, 4.69) is 15.7 Å². The van der Waals surface area contributed by atoms with Gasteiger partial charge in [0.15, 0.2) is 5.76 Å². The number of halogens is 1. The Bertz CT molecular complexity index is 1390. The highest BCUT2D eigenvalue weighted by Crippen LogP contribution is 2.38. The fourth-order valence-corrected chi connectivity index (χ4v) is 4.52. The first-order chi connectivity index (χ1) is 17.5. The van der Waals surface area contributed by atoms with Crippen LogP contribution in [0.3, 0.4) is 0 Å². The Morgan fingerprint density at radius 2 is 1.89 bits per heavy atom. The van der Waals surface area contributed by atoms with E-state index in [1.165, 1.54) is 29.1 Å². The van der Waals surface area contributed by atoms with Gasteiger partial charge in [0.1, 0.15) is 11.6 Å². The molecule has 36 heavy (non-hydrogen) atoms. The van der Waals surface area contributed by atoms with Crippen LogP contribution in [-0.4, -0.2) is 26.8 Å². The second kappa shape index (κ2) is 10.1. The van der Waals surface area contributed by atoms with Gasteiger partial charge in [0.05, 0.1) is 17.7 Å². The van der Waals surface area contributed by atoms with Gasteiger partial charge in [-0.3, -0.25) is 4.79 Å². The standard InChI is InChI=1S/C27H25FN4O4/c28-21-9-4-3-8-18(21)16-29-27(35)32-23(17-6-1-2-7-17)15-22(31-32)20-12-11-19(14-24(20)33)30-26(34)25-10-5-13-36-25/h3-5,8-15,17,33H,1-2,6-7,16H2,(H,29,35)(H,30,34). The van der Waals surface area contributed by atoms with Crippen LogP contribution >= 0.6 is 0 Å². The summed E-state index contributed by atoms with van der Waals surface area (Å²) in [4.78, 5) is 25.3. The van der Waals surface area contributed by atoms with Crippen LogP contribution in [0.4, 0.5) is 14.9 Å². The summed E-state index contributed by atoms with van der Waals surface area (Å²) >= 11 is 0. The van der Waals surface area contributed by atoms with Crippen LogP contribution in [-0.2, 0) is 6.54 Å². The number of aromatic hydroxyl groups is 1. The number of phenolic OH excluding ortho intramolecular Hbond substituents is 1. The highest BCUT2D eigenvalue weighted by atomic mass is 19.1. The number of nitrogens with one attached hydrogen (secondary N) is 2. The molecule has 2 heterocycles. The zero-order valence-corrected chi connectivity index (χ0v) is 19.4. The molecular formula is C27H25FN4O4. The fraction of sp³-hybridized carbons (Fsp3) is 0.222. The van der Waals surface area contributed by atoms with E-state index in [1.54, 1.807) is 36.4 Å². The second-order valence-corrected chi connectivity index (χ2v) is 8.76. The van der Waals surface area contributed by atoms with Gasteiger partial charge in [-0.1, -0.05) is 31.0 Å². The molecule has 4 aromatic rings. The van der Waals surface area contributed by atoms with E-state index < -0.39 is 11.9 Å². The van der Waals surface area contributed by atoms with Gasteiger partial charge in [-0.25, -0.2) is 9.18 Å². The molecule has 0 bridgehead atoms. The molecule has 0 atom stereocenters. The van der Waals surface area contributed by atoms with Crippen LogP contribution in [0, 0.1) is 5.82 Å². The fourth-order valence-electron chi connectivity index (χ4n) is 4.52. The average Bonchev–Trinajstić information content (AvgIpc) is 3.65. The smallest absolute Gasteiger partial charge is 0.342 e. The maximum Gasteiger partial charge on any atom is 0.342 e. The minimum Gasteiger partial charge on any atom is -0.507 e. The largest absolute Gasteiger partial charge is 0.507 e. The Kier molecular flexibility index (Phi) is 6.53. The van der Waals surface area contributed by atoms with Crippen molar-refractivity contribution in [3.63, 3.8) is 0 Å². The summed E-state index contributed by atoms with van der Waals surface area (Å²) in [5.41, 5.74) is 2.37. The Balaban J connectivity index is 1.39. The van der Waals surface area contributed by atoms with Crippen LogP contribution in [0.25, 0.3) is 11.3 Å². The predicted molar refractivity (Wildman–Crippen MR) is 131 cm³/mol. The molecular weight excluding hydrogens is 463 g/mol. The number of carbonyl (C=O) groups is 2. The molecule has 0 radical (unpaired) electrons. The SMILES string of the molecule is O=C(Nc1ccc(-c2cc(C3CCCC3)n(C(=O)NCc3ccccc3F)n2)c(O)c1)c1ccco1. The third-order valence-corrected chi connectivity index (χ3v) is 6.37.